The fraction of sp³-hybridized carbons (Fsp3) is 0.111. The van der Waals surface area contributed by atoms with Crippen molar-refractivity contribution < 1.29 is 30.7 Å². The average Bonchev–Trinajstić information content (AvgIpc) is 2.79. The largest absolute Gasteiger partial charge is 2.00 e. The zero-order valence-electron chi connectivity index (χ0n) is 7.64. The number of hydrogen-bond donors (Lipinski definition) is 0. The van der Waals surface area contributed by atoms with E-state index < -0.39 is 0 Å². The summed E-state index contributed by atoms with van der Waals surface area (Å²) in [6.45, 7) is 7.59. The molecule has 14 heavy (non-hydrogen) atoms. The summed E-state index contributed by atoms with van der Waals surface area (Å²) in [4.78, 5) is 23.2. The van der Waals surface area contributed by atoms with E-state index in [1.165, 1.54) is 0 Å². The van der Waals surface area contributed by atoms with Crippen LogP contribution in [0.1, 0.15) is 6.42 Å². The topological polar surface area (TPSA) is 73.5 Å². The van der Waals surface area contributed by atoms with E-state index in [4.69, 9.17) is 20.1 Å². The number of nitroso groups, excluding NO2 is 1. The maximum Gasteiger partial charge on any atom is 2.00 e. The second-order valence-electron chi connectivity index (χ2n) is 1.44. The normalized spacial score (nSPS) is 9.29. The number of rotatable bonds is 1. The monoisotopic (exact) mass is 279 g/mol. The number of hydrogen-bond acceptors (Lipinski definition) is 3. The molecule has 0 bridgehead atoms. The van der Waals surface area contributed by atoms with E-state index in [0.717, 1.165) is 12.0 Å². The molecule has 0 fully saturated rings. The first-order chi connectivity index (χ1) is 6.43. The van der Waals surface area contributed by atoms with Gasteiger partial charge in [-0.25, -0.2) is 0 Å². The van der Waals surface area contributed by atoms with E-state index in [1.807, 2.05) is 25.7 Å². The molecule has 0 atom stereocenters. The maximum atomic E-state index is 8.00. The summed E-state index contributed by atoms with van der Waals surface area (Å²) in [5.74, 6) is 0. The van der Waals surface area contributed by atoms with Gasteiger partial charge in [0.15, 0.2) is 0 Å². The molecule has 0 spiro atoms. The van der Waals surface area contributed by atoms with Crippen molar-refractivity contribution in [2.45, 2.75) is 6.42 Å². The molecule has 0 aromatic rings. The van der Waals surface area contributed by atoms with Gasteiger partial charge in [0.25, 0.3) is 0 Å². The van der Waals surface area contributed by atoms with Gasteiger partial charge < -0.3 is 20.1 Å². The summed E-state index contributed by atoms with van der Waals surface area (Å²) < 4.78 is 0. The van der Waals surface area contributed by atoms with Crippen molar-refractivity contribution in [3.8, 4) is 0 Å². The molecule has 0 heterocycles. The van der Waals surface area contributed by atoms with Crippen molar-refractivity contribution in [1.29, 1.82) is 0 Å². The van der Waals surface area contributed by atoms with Crippen molar-refractivity contribution >= 4 is 13.6 Å². The Morgan fingerprint density at radius 2 is 1.71 bits per heavy atom. The van der Waals surface area contributed by atoms with Crippen LogP contribution >= 0.6 is 0 Å². The van der Waals surface area contributed by atoms with Gasteiger partial charge >= 0.3 is 21.1 Å². The van der Waals surface area contributed by atoms with E-state index in [0.29, 0.717) is 0 Å². The molecule has 0 aromatic heterocycles. The second-order valence-corrected chi connectivity index (χ2v) is 1.44. The van der Waals surface area contributed by atoms with E-state index >= 15 is 0 Å². The number of carbonyl (C=O) groups excluding carboxylic acids is 2. The molecule has 1 rings (SSSR count). The molecule has 0 amide bonds. The van der Waals surface area contributed by atoms with Crippen LogP contribution in [0.15, 0.2) is 30.4 Å². The van der Waals surface area contributed by atoms with Gasteiger partial charge in [-0.15, -0.1) is 6.08 Å². The summed E-state index contributed by atoms with van der Waals surface area (Å²) in [6.07, 6.45) is 9.95. The zero-order chi connectivity index (χ0) is 11.1. The molecule has 0 saturated heterocycles. The molecule has 1 aliphatic rings. The van der Waals surface area contributed by atoms with Crippen LogP contribution in [-0.2, 0) is 30.7 Å². The van der Waals surface area contributed by atoms with Crippen molar-refractivity contribution in [3.63, 3.8) is 0 Å². The Hall–Kier alpha value is -1.15. The molecule has 76 valence electrons. The molecule has 1 aliphatic carbocycles. The molecule has 0 unspecified atom stereocenters. The van der Waals surface area contributed by atoms with Crippen LogP contribution in [0.4, 0.5) is 0 Å². The Labute approximate surface area is 97.8 Å². The first-order valence-electron chi connectivity index (χ1n) is 3.09. The van der Waals surface area contributed by atoms with Crippen molar-refractivity contribution in [2.75, 3.05) is 0 Å². The molecule has 0 N–H and O–H groups in total. The summed E-state index contributed by atoms with van der Waals surface area (Å²) in [7, 11) is 0. The van der Waals surface area contributed by atoms with Gasteiger partial charge in [0.1, 0.15) is 13.6 Å². The van der Waals surface area contributed by atoms with Gasteiger partial charge in [-0.2, -0.15) is 30.4 Å². The molecule has 4 nitrogen and oxygen atoms in total. The van der Waals surface area contributed by atoms with Gasteiger partial charge in [-0.1, -0.05) is 6.42 Å². The van der Waals surface area contributed by atoms with Gasteiger partial charge in [-0.05, 0) is 0 Å². The number of nitrogens with zero attached hydrogens (tertiary/aromatic N) is 1. The predicted molar refractivity (Wildman–Crippen MR) is 51.7 cm³/mol. The summed E-state index contributed by atoms with van der Waals surface area (Å²) in [5, 5.41) is 0. The fourth-order valence-electron chi connectivity index (χ4n) is 0.562. The maximum absolute atomic E-state index is 8.00. The third-order valence-electron chi connectivity index (χ3n) is 0.941. The van der Waals surface area contributed by atoms with E-state index in [2.05, 4.69) is 18.7 Å². The summed E-state index contributed by atoms with van der Waals surface area (Å²) >= 11 is 0. The molecular formula is C9H11MoNO3. The zero-order valence-corrected chi connectivity index (χ0v) is 9.65. The van der Waals surface area contributed by atoms with Gasteiger partial charge in [-0.3, -0.25) is 0 Å². The van der Waals surface area contributed by atoms with Crippen LogP contribution in [0.5, 0.6) is 0 Å². The number of carbonyl (C=O) groups is 2. The molecule has 0 radical (unpaired) electrons. The van der Waals surface area contributed by atoms with Crippen molar-refractivity contribution in [2.24, 2.45) is 0 Å². The minimum atomic E-state index is 0. The first kappa shape index (κ1) is 23.0. The fourth-order valence-corrected chi connectivity index (χ4v) is 0.562. The van der Waals surface area contributed by atoms with Gasteiger partial charge in [0.2, 0.25) is 0 Å². The Morgan fingerprint density at radius 3 is 1.86 bits per heavy atom. The molecular weight excluding hydrogens is 266 g/mol. The molecule has 0 saturated carbocycles. The Morgan fingerprint density at radius 1 is 1.29 bits per heavy atom. The second kappa shape index (κ2) is 29.7. The average molecular weight is 277 g/mol. The summed E-state index contributed by atoms with van der Waals surface area (Å²) in [5.41, 5.74) is 6.88. The molecule has 5 heteroatoms. The third-order valence-corrected chi connectivity index (χ3v) is 0.941. The number of allylic oxidation sites excluding steroid dienone is 5. The smallest absolute Gasteiger partial charge is 0.577 e. The first-order valence-corrected chi connectivity index (χ1v) is 3.09. The van der Waals surface area contributed by atoms with Crippen LogP contribution in [0.25, 0.3) is 5.59 Å². The van der Waals surface area contributed by atoms with Gasteiger partial charge in [0, 0.05) is 0 Å². The SMILES string of the molecule is C=CC1=[C-]CC=C1.C=O.C=O.[Mo+2].[N-]=O. The van der Waals surface area contributed by atoms with Gasteiger partial charge in [0.05, 0.1) is 0 Å². The van der Waals surface area contributed by atoms with E-state index in [-0.39, 0.29) is 21.1 Å². The van der Waals surface area contributed by atoms with Crippen LogP contribution in [0.3, 0.4) is 0 Å². The Balaban J connectivity index is -0.0000000625. The van der Waals surface area contributed by atoms with Crippen LogP contribution < -0.4 is 0 Å². The summed E-state index contributed by atoms with van der Waals surface area (Å²) in [6, 6.07) is 0. The third kappa shape index (κ3) is 17.1. The Kier molecular flexibility index (Phi) is 48.9. The minimum Gasteiger partial charge on any atom is -0.577 e. The van der Waals surface area contributed by atoms with Crippen molar-refractivity contribution in [1.82, 2.24) is 0 Å². The van der Waals surface area contributed by atoms with E-state index in [1.54, 1.807) is 0 Å². The van der Waals surface area contributed by atoms with Crippen LogP contribution in [-0.4, -0.2) is 13.6 Å². The Bertz CT molecular complexity index is 176. The quantitative estimate of drug-likeness (QED) is 0.542. The van der Waals surface area contributed by atoms with Crippen molar-refractivity contribution in [3.05, 3.63) is 47.0 Å². The predicted octanol–water partition coefficient (Wildman–Crippen LogP) is 1.81. The van der Waals surface area contributed by atoms with E-state index in [9.17, 15) is 0 Å². The minimum absolute atomic E-state index is 0. The molecule has 0 aliphatic heterocycles. The van der Waals surface area contributed by atoms with Crippen LogP contribution in [0, 0.1) is 11.0 Å². The molecule has 0 aromatic carbocycles. The van der Waals surface area contributed by atoms with Crippen LogP contribution in [0.2, 0.25) is 0 Å². The standard InChI is InChI=1S/C7H7.2CH2O.Mo.NO/c1-2-7-5-3-4-6-7;2*1-2;;1-2/h2-3,5H,1,4H2;2*1H2;;/q-1;;;+2;-1.